The van der Waals surface area contributed by atoms with Crippen LogP contribution in [0.4, 0.5) is 0 Å². The molecule has 4 rings (SSSR count). The normalized spacial score (nSPS) is 23.9. The summed E-state index contributed by atoms with van der Waals surface area (Å²) in [5, 5.41) is 10.1. The summed E-state index contributed by atoms with van der Waals surface area (Å²) >= 11 is 0. The van der Waals surface area contributed by atoms with E-state index >= 15 is 0 Å². The second-order valence-electron chi connectivity index (χ2n) is 8.10. The lowest BCUT2D eigenvalue weighted by molar-refractivity contribution is -0.136. The molecule has 0 aliphatic carbocycles. The Labute approximate surface area is 178 Å². The molecule has 1 aromatic heterocycles. The lowest BCUT2D eigenvalue weighted by Gasteiger charge is -2.57. The second-order valence-corrected chi connectivity index (χ2v) is 8.10. The lowest BCUT2D eigenvalue weighted by atomic mass is 9.74. The Kier molecular flexibility index (Phi) is 6.47. The molecule has 2 aromatic rings. The van der Waals surface area contributed by atoms with Gasteiger partial charge in [-0.2, -0.15) is 0 Å². The van der Waals surface area contributed by atoms with Crippen LogP contribution in [0.3, 0.4) is 0 Å². The highest BCUT2D eigenvalue weighted by atomic mass is 16.3. The van der Waals surface area contributed by atoms with Gasteiger partial charge in [0.25, 0.3) is 0 Å². The minimum absolute atomic E-state index is 0.124. The summed E-state index contributed by atoms with van der Waals surface area (Å²) in [7, 11) is 0. The van der Waals surface area contributed by atoms with E-state index in [0.717, 1.165) is 43.6 Å². The molecule has 0 bridgehead atoms. The Morgan fingerprint density at radius 1 is 1.13 bits per heavy atom. The Hall–Kier alpha value is -2.68. The van der Waals surface area contributed by atoms with Crippen LogP contribution >= 0.6 is 0 Å². The van der Waals surface area contributed by atoms with Gasteiger partial charge in [-0.1, -0.05) is 30.9 Å². The summed E-state index contributed by atoms with van der Waals surface area (Å²) in [6, 6.07) is 12.6. The molecule has 2 saturated heterocycles. The zero-order valence-electron chi connectivity index (χ0n) is 17.5. The largest absolute Gasteiger partial charge is 0.395 e. The highest BCUT2D eigenvalue weighted by Gasteiger charge is 2.49. The highest BCUT2D eigenvalue weighted by molar-refractivity contribution is 5.75. The number of amides is 1. The van der Waals surface area contributed by atoms with Crippen molar-refractivity contribution in [1.29, 1.82) is 0 Å². The maximum atomic E-state index is 12.4. The fourth-order valence-corrected chi connectivity index (χ4v) is 4.76. The minimum Gasteiger partial charge on any atom is -0.395 e. The molecule has 2 aliphatic rings. The molecule has 0 unspecified atom stereocenters. The first kappa shape index (κ1) is 20.6. The molecular weight excluding hydrogens is 374 g/mol. The van der Waals surface area contributed by atoms with Gasteiger partial charge < -0.3 is 10.0 Å². The van der Waals surface area contributed by atoms with Crippen molar-refractivity contribution in [2.24, 2.45) is 0 Å². The van der Waals surface area contributed by atoms with Crippen LogP contribution in [0, 0.1) is 11.8 Å². The van der Waals surface area contributed by atoms with Crippen LogP contribution < -0.4 is 0 Å². The summed E-state index contributed by atoms with van der Waals surface area (Å²) in [6.45, 7) is 4.66. The van der Waals surface area contributed by atoms with E-state index in [-0.39, 0.29) is 30.5 Å². The predicted molar refractivity (Wildman–Crippen MR) is 117 cm³/mol. The molecule has 3 atom stereocenters. The van der Waals surface area contributed by atoms with E-state index in [1.807, 2.05) is 36.1 Å². The van der Waals surface area contributed by atoms with Crippen LogP contribution in [0.1, 0.15) is 48.8 Å². The van der Waals surface area contributed by atoms with Crippen LogP contribution in [0.15, 0.2) is 48.8 Å². The molecular formula is C25H29N3O2. The SMILES string of the molecule is CCC(=O)N1CCCCN2[C@H](CO)[C@H](c3ccc(C#Cc4cccnc4)cc3)[C@H]2C1. The Balaban J connectivity index is 1.53. The molecule has 2 fully saturated rings. The van der Waals surface area contributed by atoms with Crippen molar-refractivity contribution in [2.45, 2.75) is 44.2 Å². The second kappa shape index (κ2) is 9.42. The van der Waals surface area contributed by atoms with Crippen molar-refractivity contribution >= 4 is 5.91 Å². The van der Waals surface area contributed by atoms with Crippen LogP contribution in [0.2, 0.25) is 0 Å². The smallest absolute Gasteiger partial charge is 0.222 e. The Morgan fingerprint density at radius 3 is 2.60 bits per heavy atom. The van der Waals surface area contributed by atoms with Gasteiger partial charge in [0.05, 0.1) is 6.61 Å². The standard InChI is InChI=1S/C25H29N3O2/c1-2-24(30)27-14-3-4-15-28-22(17-27)25(23(28)18-29)21-11-9-19(10-12-21)7-8-20-6-5-13-26-16-20/h5-6,9-13,16,22-23,25,29H,2-4,14-15,17-18H2,1H3/t22-,23-,25-/m1/s1. The summed E-state index contributed by atoms with van der Waals surface area (Å²) in [5.74, 6) is 6.79. The molecule has 156 valence electrons. The number of aliphatic hydroxyl groups is 1. The number of rotatable bonds is 3. The number of carbonyl (C=O) groups is 1. The van der Waals surface area contributed by atoms with Crippen LogP contribution in [-0.4, -0.2) is 64.1 Å². The third-order valence-electron chi connectivity index (χ3n) is 6.33. The van der Waals surface area contributed by atoms with E-state index in [0.29, 0.717) is 6.42 Å². The minimum atomic E-state index is 0.124. The van der Waals surface area contributed by atoms with E-state index in [1.165, 1.54) is 5.56 Å². The maximum absolute atomic E-state index is 12.4. The van der Waals surface area contributed by atoms with Crippen LogP contribution in [0.25, 0.3) is 0 Å². The molecule has 5 nitrogen and oxygen atoms in total. The molecule has 0 spiro atoms. The third-order valence-corrected chi connectivity index (χ3v) is 6.33. The molecule has 3 heterocycles. The Morgan fingerprint density at radius 2 is 1.90 bits per heavy atom. The van der Waals surface area contributed by atoms with E-state index in [9.17, 15) is 9.90 Å². The predicted octanol–water partition coefficient (Wildman–Crippen LogP) is 2.64. The van der Waals surface area contributed by atoms with Gasteiger partial charge in [-0.25, -0.2) is 0 Å². The topological polar surface area (TPSA) is 56.7 Å². The fraction of sp³-hybridized carbons (Fsp3) is 0.440. The fourth-order valence-electron chi connectivity index (χ4n) is 4.76. The van der Waals surface area contributed by atoms with E-state index in [4.69, 9.17) is 0 Å². The van der Waals surface area contributed by atoms with Crippen molar-refractivity contribution in [2.75, 3.05) is 26.2 Å². The van der Waals surface area contributed by atoms with Crippen molar-refractivity contribution in [1.82, 2.24) is 14.8 Å². The van der Waals surface area contributed by atoms with Crippen LogP contribution in [0.5, 0.6) is 0 Å². The molecule has 30 heavy (non-hydrogen) atoms. The number of hydrogen-bond donors (Lipinski definition) is 1. The number of nitrogens with zero attached hydrogens (tertiary/aromatic N) is 3. The van der Waals surface area contributed by atoms with E-state index in [1.54, 1.807) is 12.4 Å². The summed E-state index contributed by atoms with van der Waals surface area (Å²) in [5.41, 5.74) is 3.07. The molecule has 1 amide bonds. The third kappa shape index (κ3) is 4.26. The van der Waals surface area contributed by atoms with Crippen LogP contribution in [-0.2, 0) is 4.79 Å². The van der Waals surface area contributed by atoms with Gasteiger partial charge in [0.15, 0.2) is 0 Å². The van der Waals surface area contributed by atoms with Crippen molar-refractivity contribution in [3.05, 3.63) is 65.5 Å². The number of pyridine rings is 1. The molecule has 0 radical (unpaired) electrons. The first-order valence-corrected chi connectivity index (χ1v) is 10.9. The average Bonchev–Trinajstić information content (AvgIpc) is 2.77. The summed E-state index contributed by atoms with van der Waals surface area (Å²) in [6.07, 6.45) is 6.14. The van der Waals surface area contributed by atoms with Gasteiger partial charge in [-0.3, -0.25) is 14.7 Å². The van der Waals surface area contributed by atoms with Crippen molar-refractivity contribution in [3.8, 4) is 11.8 Å². The number of benzene rings is 1. The van der Waals surface area contributed by atoms with E-state index in [2.05, 4.69) is 33.9 Å². The van der Waals surface area contributed by atoms with Gasteiger partial charge in [0, 0.05) is 61.0 Å². The van der Waals surface area contributed by atoms with Gasteiger partial charge >= 0.3 is 0 Å². The van der Waals surface area contributed by atoms with Gasteiger partial charge in [0.2, 0.25) is 5.91 Å². The first-order chi connectivity index (χ1) is 14.7. The molecule has 1 aromatic carbocycles. The van der Waals surface area contributed by atoms with E-state index < -0.39 is 0 Å². The number of aromatic nitrogens is 1. The number of aliphatic hydroxyl groups excluding tert-OH is 1. The number of carbonyl (C=O) groups excluding carboxylic acids is 1. The zero-order chi connectivity index (χ0) is 20.9. The number of hydrogen-bond acceptors (Lipinski definition) is 4. The van der Waals surface area contributed by atoms with Crippen molar-refractivity contribution < 1.29 is 9.90 Å². The lowest BCUT2D eigenvalue weighted by Crippen LogP contribution is -2.67. The first-order valence-electron chi connectivity index (χ1n) is 10.9. The van der Waals surface area contributed by atoms with Crippen molar-refractivity contribution in [3.63, 3.8) is 0 Å². The number of fused-ring (bicyclic) bond motifs is 1. The average molecular weight is 404 g/mol. The summed E-state index contributed by atoms with van der Waals surface area (Å²) < 4.78 is 0. The maximum Gasteiger partial charge on any atom is 0.222 e. The highest BCUT2D eigenvalue weighted by Crippen LogP contribution is 2.42. The molecule has 5 heteroatoms. The molecule has 2 aliphatic heterocycles. The molecule has 0 saturated carbocycles. The summed E-state index contributed by atoms with van der Waals surface area (Å²) in [4.78, 5) is 20.9. The van der Waals surface area contributed by atoms with Gasteiger partial charge in [-0.15, -0.1) is 0 Å². The Bertz CT molecular complexity index is 917. The zero-order valence-corrected chi connectivity index (χ0v) is 17.5. The quantitative estimate of drug-likeness (QED) is 0.801. The van der Waals surface area contributed by atoms with Gasteiger partial charge in [0.1, 0.15) is 0 Å². The molecule has 1 N–H and O–H groups in total. The monoisotopic (exact) mass is 403 g/mol. The van der Waals surface area contributed by atoms with Gasteiger partial charge in [-0.05, 0) is 49.2 Å².